The van der Waals surface area contributed by atoms with Gasteiger partial charge in [0.1, 0.15) is 5.70 Å². The molecule has 0 atom stereocenters. The molecule has 0 aromatic rings. The fourth-order valence-electron chi connectivity index (χ4n) is 1.91. The molecule has 106 valence electrons. The van der Waals surface area contributed by atoms with Crippen LogP contribution in [0.1, 0.15) is 71.1 Å². The van der Waals surface area contributed by atoms with Crippen LogP contribution in [0.15, 0.2) is 11.8 Å². The molecule has 0 aromatic heterocycles. The van der Waals surface area contributed by atoms with Crippen molar-refractivity contribution in [3.63, 3.8) is 0 Å². The van der Waals surface area contributed by atoms with Gasteiger partial charge in [0.25, 0.3) is 0 Å². The number of allylic oxidation sites excluding steroid dienone is 1. The van der Waals surface area contributed by atoms with E-state index < -0.39 is 5.97 Å². The Morgan fingerprint density at radius 3 is 2.00 bits per heavy atom. The highest BCUT2D eigenvalue weighted by Gasteiger charge is 2.02. The van der Waals surface area contributed by atoms with E-state index >= 15 is 0 Å². The van der Waals surface area contributed by atoms with Crippen LogP contribution >= 0.6 is 0 Å². The van der Waals surface area contributed by atoms with Gasteiger partial charge >= 0.3 is 5.97 Å². The number of hydrogen-bond donors (Lipinski definition) is 1. The highest BCUT2D eigenvalue weighted by molar-refractivity contribution is 5.87. The zero-order valence-electron chi connectivity index (χ0n) is 12.0. The molecule has 0 aromatic carbocycles. The average molecular weight is 255 g/mol. The Morgan fingerprint density at radius 2 is 1.50 bits per heavy atom. The molecule has 0 aliphatic carbocycles. The summed E-state index contributed by atoms with van der Waals surface area (Å²) < 4.78 is 4.52. The first kappa shape index (κ1) is 17.0. The molecular formula is C15H29NO2. The second-order valence-corrected chi connectivity index (χ2v) is 4.77. The maximum Gasteiger partial charge on any atom is 0.353 e. The first-order valence-electron chi connectivity index (χ1n) is 7.26. The number of methoxy groups -OCH3 is 1. The van der Waals surface area contributed by atoms with Crippen molar-refractivity contribution in [2.45, 2.75) is 71.1 Å². The van der Waals surface area contributed by atoms with Gasteiger partial charge < -0.3 is 10.5 Å². The van der Waals surface area contributed by atoms with Crippen LogP contribution in [-0.2, 0) is 9.53 Å². The van der Waals surface area contributed by atoms with Gasteiger partial charge in [-0.05, 0) is 12.8 Å². The second-order valence-electron chi connectivity index (χ2n) is 4.77. The third kappa shape index (κ3) is 10.2. The second kappa shape index (κ2) is 12.5. The van der Waals surface area contributed by atoms with E-state index in [1.54, 1.807) is 6.08 Å². The molecule has 0 radical (unpaired) electrons. The predicted octanol–water partition coefficient (Wildman–Crippen LogP) is 3.92. The van der Waals surface area contributed by atoms with Gasteiger partial charge in [-0.1, -0.05) is 64.4 Å². The van der Waals surface area contributed by atoms with Crippen LogP contribution < -0.4 is 5.73 Å². The molecule has 3 heteroatoms. The van der Waals surface area contributed by atoms with Gasteiger partial charge in [0.2, 0.25) is 0 Å². The third-order valence-electron chi connectivity index (χ3n) is 3.09. The van der Waals surface area contributed by atoms with E-state index in [0.29, 0.717) is 0 Å². The number of rotatable bonds is 11. The van der Waals surface area contributed by atoms with Crippen LogP contribution in [0.5, 0.6) is 0 Å². The fourth-order valence-corrected chi connectivity index (χ4v) is 1.91. The molecule has 0 heterocycles. The fraction of sp³-hybridized carbons (Fsp3) is 0.800. The molecule has 0 saturated heterocycles. The molecule has 2 N–H and O–H groups in total. The molecule has 18 heavy (non-hydrogen) atoms. The molecule has 0 amide bonds. The summed E-state index contributed by atoms with van der Waals surface area (Å²) in [5.41, 5.74) is 5.76. The highest BCUT2D eigenvalue weighted by Crippen LogP contribution is 2.10. The zero-order valence-corrected chi connectivity index (χ0v) is 12.0. The summed E-state index contributed by atoms with van der Waals surface area (Å²) in [5, 5.41) is 0. The number of nitrogens with two attached hydrogens (primary N) is 1. The molecule has 0 saturated carbocycles. The minimum absolute atomic E-state index is 0.233. The lowest BCUT2D eigenvalue weighted by Crippen LogP contribution is -2.12. The van der Waals surface area contributed by atoms with Crippen molar-refractivity contribution >= 4 is 5.97 Å². The number of carbonyl (C=O) groups is 1. The summed E-state index contributed by atoms with van der Waals surface area (Å²) in [6, 6.07) is 0. The maximum atomic E-state index is 11.0. The monoisotopic (exact) mass is 255 g/mol. The Hall–Kier alpha value is -0.990. The Morgan fingerprint density at radius 1 is 1.00 bits per heavy atom. The van der Waals surface area contributed by atoms with Gasteiger partial charge in [-0.3, -0.25) is 0 Å². The van der Waals surface area contributed by atoms with E-state index in [0.717, 1.165) is 12.8 Å². The Bertz CT molecular complexity index is 237. The standard InChI is InChI=1S/C15H29NO2/c1-3-4-5-6-7-8-9-10-11-12-13-14(16)15(17)18-2/h13H,3-12,16H2,1-2H3. The summed E-state index contributed by atoms with van der Waals surface area (Å²) >= 11 is 0. The lowest BCUT2D eigenvalue weighted by molar-refractivity contribution is -0.136. The normalized spacial score (nSPS) is 11.6. The molecule has 0 spiro atoms. The van der Waals surface area contributed by atoms with Gasteiger partial charge in [0.15, 0.2) is 0 Å². The van der Waals surface area contributed by atoms with E-state index in [4.69, 9.17) is 5.73 Å². The molecule has 0 fully saturated rings. The SMILES string of the molecule is CCCCCCCCCCCC=C(N)C(=O)OC. The minimum atomic E-state index is -0.425. The molecule has 0 aliphatic rings. The van der Waals surface area contributed by atoms with Crippen molar-refractivity contribution in [2.24, 2.45) is 5.73 Å². The van der Waals surface area contributed by atoms with Crippen molar-refractivity contribution in [3.05, 3.63) is 11.8 Å². The third-order valence-corrected chi connectivity index (χ3v) is 3.09. The van der Waals surface area contributed by atoms with Gasteiger partial charge in [0.05, 0.1) is 7.11 Å². The Kier molecular flexibility index (Phi) is 11.8. The summed E-state index contributed by atoms with van der Waals surface area (Å²) in [4.78, 5) is 11.0. The smallest absolute Gasteiger partial charge is 0.353 e. The maximum absolute atomic E-state index is 11.0. The van der Waals surface area contributed by atoms with E-state index in [2.05, 4.69) is 11.7 Å². The average Bonchev–Trinajstić information content (AvgIpc) is 2.39. The van der Waals surface area contributed by atoms with Crippen LogP contribution in [-0.4, -0.2) is 13.1 Å². The molecule has 0 unspecified atom stereocenters. The van der Waals surface area contributed by atoms with E-state index in [-0.39, 0.29) is 5.70 Å². The van der Waals surface area contributed by atoms with Crippen molar-refractivity contribution in [2.75, 3.05) is 7.11 Å². The number of carbonyl (C=O) groups excluding carboxylic acids is 1. The largest absolute Gasteiger partial charge is 0.464 e. The van der Waals surface area contributed by atoms with Crippen molar-refractivity contribution in [1.82, 2.24) is 0 Å². The molecule has 0 bridgehead atoms. The highest BCUT2D eigenvalue weighted by atomic mass is 16.5. The van der Waals surface area contributed by atoms with E-state index in [9.17, 15) is 4.79 Å². The van der Waals surface area contributed by atoms with Crippen LogP contribution in [0.4, 0.5) is 0 Å². The summed E-state index contributed by atoms with van der Waals surface area (Å²) in [6.07, 6.45) is 14.4. The number of hydrogen-bond acceptors (Lipinski definition) is 3. The van der Waals surface area contributed by atoms with Gasteiger partial charge in [-0.15, -0.1) is 0 Å². The predicted molar refractivity (Wildman–Crippen MR) is 76.1 cm³/mol. The number of unbranched alkanes of at least 4 members (excludes halogenated alkanes) is 9. The van der Waals surface area contributed by atoms with Gasteiger partial charge in [-0.2, -0.15) is 0 Å². The number of ether oxygens (including phenoxy) is 1. The lowest BCUT2D eigenvalue weighted by Gasteiger charge is -2.01. The first-order valence-corrected chi connectivity index (χ1v) is 7.26. The Labute approximate surface area is 112 Å². The molecule has 0 rings (SSSR count). The number of esters is 1. The summed E-state index contributed by atoms with van der Waals surface area (Å²) in [7, 11) is 1.35. The van der Waals surface area contributed by atoms with Gasteiger partial charge in [0, 0.05) is 0 Å². The lowest BCUT2D eigenvalue weighted by atomic mass is 10.1. The molecular weight excluding hydrogens is 226 g/mol. The summed E-state index contributed by atoms with van der Waals surface area (Å²) in [6.45, 7) is 2.24. The van der Waals surface area contributed by atoms with E-state index in [1.165, 1.54) is 58.5 Å². The van der Waals surface area contributed by atoms with Crippen LogP contribution in [0.2, 0.25) is 0 Å². The van der Waals surface area contributed by atoms with Crippen molar-refractivity contribution in [1.29, 1.82) is 0 Å². The van der Waals surface area contributed by atoms with Crippen LogP contribution in [0.25, 0.3) is 0 Å². The van der Waals surface area contributed by atoms with Gasteiger partial charge in [-0.25, -0.2) is 4.79 Å². The zero-order chi connectivity index (χ0) is 13.6. The summed E-state index contributed by atoms with van der Waals surface area (Å²) in [5.74, 6) is -0.425. The Balaban J connectivity index is 3.28. The minimum Gasteiger partial charge on any atom is -0.464 e. The van der Waals surface area contributed by atoms with Crippen LogP contribution in [0, 0.1) is 0 Å². The molecule has 3 nitrogen and oxygen atoms in total. The van der Waals surface area contributed by atoms with E-state index in [1.807, 2.05) is 0 Å². The van der Waals surface area contributed by atoms with Crippen molar-refractivity contribution in [3.8, 4) is 0 Å². The quantitative estimate of drug-likeness (QED) is 0.346. The van der Waals surface area contributed by atoms with Crippen LogP contribution in [0.3, 0.4) is 0 Å². The van der Waals surface area contributed by atoms with Crippen molar-refractivity contribution < 1.29 is 9.53 Å². The molecule has 0 aliphatic heterocycles. The topological polar surface area (TPSA) is 52.3 Å². The first-order chi connectivity index (χ1) is 8.72.